The third-order valence-electron chi connectivity index (χ3n) is 2.96. The van der Waals surface area contributed by atoms with Crippen LogP contribution in [0.1, 0.15) is 12.8 Å². The lowest BCUT2D eigenvalue weighted by Gasteiger charge is -2.14. The topological polar surface area (TPSA) is 66.6 Å². The van der Waals surface area contributed by atoms with E-state index in [-0.39, 0.29) is 11.9 Å². The van der Waals surface area contributed by atoms with Gasteiger partial charge >= 0.3 is 0 Å². The molecule has 1 aromatic carbocycles. The average Bonchev–Trinajstić information content (AvgIpc) is 2.99. The summed E-state index contributed by atoms with van der Waals surface area (Å²) in [7, 11) is 0. The number of nitrogens with one attached hydrogen (secondary N) is 1. The van der Waals surface area contributed by atoms with Gasteiger partial charge in [-0.3, -0.25) is 5.32 Å². The van der Waals surface area contributed by atoms with Gasteiger partial charge < -0.3 is 9.47 Å². The number of para-hydroxylation sites is 1. The van der Waals surface area contributed by atoms with Crippen LogP contribution in [0.3, 0.4) is 0 Å². The number of nitrogens with zero attached hydrogens (tertiary/aromatic N) is 2. The summed E-state index contributed by atoms with van der Waals surface area (Å²) in [5.41, 5.74) is 0.347. The normalized spacial score (nSPS) is 18.3. The van der Waals surface area contributed by atoms with Crippen molar-refractivity contribution in [2.75, 3.05) is 19.5 Å². The molecular formula is C14H16FN3O2S. The Morgan fingerprint density at radius 3 is 3.19 bits per heavy atom. The lowest BCUT2D eigenvalue weighted by Crippen LogP contribution is -2.17. The minimum absolute atomic E-state index is 0.00121. The molecule has 1 aliphatic heterocycles. The Labute approximate surface area is 127 Å². The fourth-order valence-corrected chi connectivity index (χ4v) is 2.30. The molecule has 112 valence electrons. The van der Waals surface area contributed by atoms with Gasteiger partial charge in [0, 0.05) is 6.61 Å². The maximum Gasteiger partial charge on any atom is 0.183 e. The first-order valence-corrected chi connectivity index (χ1v) is 7.77. The molecule has 1 saturated heterocycles. The molecule has 1 fully saturated rings. The van der Waals surface area contributed by atoms with Crippen molar-refractivity contribution >= 4 is 22.6 Å². The monoisotopic (exact) mass is 309 g/mol. The van der Waals surface area contributed by atoms with Crippen molar-refractivity contribution in [2.45, 2.75) is 18.9 Å². The summed E-state index contributed by atoms with van der Waals surface area (Å²) in [4.78, 5) is 4.21. The van der Waals surface area contributed by atoms with Crippen LogP contribution in [0.4, 0.5) is 10.1 Å². The molecule has 2 rings (SSSR count). The van der Waals surface area contributed by atoms with Gasteiger partial charge in [-0.15, -0.1) is 0 Å². The number of halogens is 1. The highest BCUT2D eigenvalue weighted by molar-refractivity contribution is 8.13. The molecule has 0 bridgehead atoms. The van der Waals surface area contributed by atoms with E-state index in [1.807, 2.05) is 0 Å². The van der Waals surface area contributed by atoms with Gasteiger partial charge in [-0.2, -0.15) is 5.26 Å². The molecule has 1 aromatic rings. The van der Waals surface area contributed by atoms with Crippen LogP contribution in [-0.4, -0.2) is 30.7 Å². The van der Waals surface area contributed by atoms with Gasteiger partial charge in [0.15, 0.2) is 22.9 Å². The second kappa shape index (κ2) is 7.86. The third kappa shape index (κ3) is 4.34. The summed E-state index contributed by atoms with van der Waals surface area (Å²) in [5, 5.41) is 11.5. The van der Waals surface area contributed by atoms with Gasteiger partial charge in [-0.1, -0.05) is 17.8 Å². The lowest BCUT2D eigenvalue weighted by molar-refractivity contribution is 0.0668. The number of thioether (sulfide) groups is 1. The number of benzene rings is 1. The second-order valence-corrected chi connectivity index (χ2v) is 5.19. The predicted octanol–water partition coefficient (Wildman–Crippen LogP) is 2.80. The minimum Gasteiger partial charge on any atom is -0.486 e. The summed E-state index contributed by atoms with van der Waals surface area (Å²) in [6.45, 7) is 1.02. The SMILES string of the molecule is CSC(=Nc1cccc(F)c1OCC1CCCO1)NC#N. The Balaban J connectivity index is 2.16. The average molecular weight is 309 g/mol. The quantitative estimate of drug-likeness (QED) is 0.401. The van der Waals surface area contributed by atoms with Gasteiger partial charge in [0.2, 0.25) is 0 Å². The Morgan fingerprint density at radius 1 is 1.67 bits per heavy atom. The Bertz CT molecular complexity index is 554. The van der Waals surface area contributed by atoms with Crippen molar-refractivity contribution in [1.82, 2.24) is 5.32 Å². The van der Waals surface area contributed by atoms with E-state index in [0.717, 1.165) is 19.4 Å². The smallest absolute Gasteiger partial charge is 0.183 e. The van der Waals surface area contributed by atoms with Crippen molar-refractivity contribution in [2.24, 2.45) is 4.99 Å². The fraction of sp³-hybridized carbons (Fsp3) is 0.429. The van der Waals surface area contributed by atoms with Crippen molar-refractivity contribution < 1.29 is 13.9 Å². The van der Waals surface area contributed by atoms with Gasteiger partial charge in [0.05, 0.1) is 6.10 Å². The van der Waals surface area contributed by atoms with Crippen molar-refractivity contribution in [3.05, 3.63) is 24.0 Å². The standard InChI is InChI=1S/C14H16FN3O2S/c1-21-14(17-9-16)18-12-6-2-5-11(15)13(12)20-8-10-4-3-7-19-10/h2,5-6,10H,3-4,7-8H2,1H3,(H,17,18). The zero-order valence-electron chi connectivity index (χ0n) is 11.6. The Morgan fingerprint density at radius 2 is 2.52 bits per heavy atom. The van der Waals surface area contributed by atoms with Gasteiger partial charge in [0.25, 0.3) is 0 Å². The highest BCUT2D eigenvalue weighted by Crippen LogP contribution is 2.31. The van der Waals surface area contributed by atoms with E-state index >= 15 is 0 Å². The molecule has 1 unspecified atom stereocenters. The van der Waals surface area contributed by atoms with E-state index in [2.05, 4.69) is 10.3 Å². The summed E-state index contributed by atoms with van der Waals surface area (Å²) in [6.07, 6.45) is 5.48. The number of rotatable bonds is 4. The van der Waals surface area contributed by atoms with Gasteiger partial charge in [-0.25, -0.2) is 9.38 Å². The molecule has 21 heavy (non-hydrogen) atoms. The molecule has 1 aliphatic rings. The molecule has 0 spiro atoms. The molecule has 5 nitrogen and oxygen atoms in total. The van der Waals surface area contributed by atoms with Crippen LogP contribution in [-0.2, 0) is 4.74 Å². The summed E-state index contributed by atoms with van der Waals surface area (Å²) < 4.78 is 24.9. The summed E-state index contributed by atoms with van der Waals surface area (Å²) in [5.74, 6) is -0.397. The zero-order valence-corrected chi connectivity index (χ0v) is 12.5. The second-order valence-electron chi connectivity index (χ2n) is 4.39. The van der Waals surface area contributed by atoms with Crippen LogP contribution in [0.2, 0.25) is 0 Å². The van der Waals surface area contributed by atoms with Crippen LogP contribution in [0.25, 0.3) is 0 Å². The molecule has 7 heteroatoms. The van der Waals surface area contributed by atoms with Crippen LogP contribution >= 0.6 is 11.8 Å². The van der Waals surface area contributed by atoms with E-state index in [9.17, 15) is 4.39 Å². The summed E-state index contributed by atoms with van der Waals surface area (Å²) in [6, 6.07) is 4.51. The number of aliphatic imine (C=N–C) groups is 1. The van der Waals surface area contributed by atoms with Crippen LogP contribution < -0.4 is 10.1 Å². The maximum atomic E-state index is 13.9. The van der Waals surface area contributed by atoms with E-state index in [1.165, 1.54) is 17.8 Å². The van der Waals surface area contributed by atoms with Crippen LogP contribution in [0, 0.1) is 17.3 Å². The van der Waals surface area contributed by atoms with Crippen LogP contribution in [0.5, 0.6) is 5.75 Å². The van der Waals surface area contributed by atoms with Gasteiger partial charge in [0.1, 0.15) is 12.3 Å². The molecule has 0 aliphatic carbocycles. The first-order chi connectivity index (χ1) is 10.2. The third-order valence-corrected chi connectivity index (χ3v) is 3.54. The molecule has 0 saturated carbocycles. The first-order valence-electron chi connectivity index (χ1n) is 6.55. The molecule has 1 heterocycles. The Kier molecular flexibility index (Phi) is 5.84. The van der Waals surface area contributed by atoms with E-state index in [0.29, 0.717) is 17.5 Å². The number of ether oxygens (including phenoxy) is 2. The highest BCUT2D eigenvalue weighted by atomic mass is 32.2. The highest BCUT2D eigenvalue weighted by Gasteiger charge is 2.18. The molecule has 1 atom stereocenters. The largest absolute Gasteiger partial charge is 0.486 e. The van der Waals surface area contributed by atoms with Crippen molar-refractivity contribution in [1.29, 1.82) is 5.26 Å². The zero-order chi connectivity index (χ0) is 15.1. The minimum atomic E-state index is -0.480. The fourth-order valence-electron chi connectivity index (χ4n) is 1.96. The molecule has 0 radical (unpaired) electrons. The summed E-state index contributed by atoms with van der Waals surface area (Å²) >= 11 is 1.26. The number of hydrogen-bond donors (Lipinski definition) is 1. The van der Waals surface area contributed by atoms with E-state index in [1.54, 1.807) is 24.6 Å². The molecule has 1 N–H and O–H groups in total. The van der Waals surface area contributed by atoms with E-state index in [4.69, 9.17) is 14.7 Å². The van der Waals surface area contributed by atoms with Gasteiger partial charge in [-0.05, 0) is 31.2 Å². The van der Waals surface area contributed by atoms with Crippen LogP contribution in [0.15, 0.2) is 23.2 Å². The molecule has 0 aromatic heterocycles. The number of nitriles is 1. The number of hydrogen-bond acceptors (Lipinski definition) is 5. The number of amidine groups is 1. The van der Waals surface area contributed by atoms with Crippen molar-refractivity contribution in [3.63, 3.8) is 0 Å². The predicted molar refractivity (Wildman–Crippen MR) is 80.2 cm³/mol. The Hall–Kier alpha value is -1.78. The molecule has 0 amide bonds. The van der Waals surface area contributed by atoms with Crippen molar-refractivity contribution in [3.8, 4) is 11.9 Å². The maximum absolute atomic E-state index is 13.9. The lowest BCUT2D eigenvalue weighted by atomic mass is 10.2. The van der Waals surface area contributed by atoms with E-state index < -0.39 is 5.82 Å². The molecular weight excluding hydrogens is 293 g/mol. The first kappa shape index (κ1) is 15.6.